The first kappa shape index (κ1) is 20.6. The summed E-state index contributed by atoms with van der Waals surface area (Å²) >= 11 is 0. The number of benzene rings is 1. The molecular weight excluding hydrogens is 380 g/mol. The Morgan fingerprint density at radius 1 is 1.00 bits per heavy atom. The monoisotopic (exact) mass is 397 g/mol. The Labute approximate surface area is 150 Å². The van der Waals surface area contributed by atoms with Crippen LogP contribution in [-0.2, 0) is 0 Å². The molecule has 0 radical (unpaired) electrons. The van der Waals surface area contributed by atoms with Crippen LogP contribution in [0.25, 0.3) is 0 Å². The van der Waals surface area contributed by atoms with Gasteiger partial charge in [-0.1, -0.05) is 0 Å². The maximum atomic E-state index is 12.6. The van der Waals surface area contributed by atoms with Gasteiger partial charge in [-0.3, -0.25) is 16.1 Å². The van der Waals surface area contributed by atoms with Crippen LogP contribution in [0.4, 0.5) is 32.0 Å². The number of alkyl halides is 6. The zero-order valence-electron chi connectivity index (χ0n) is 13.8. The van der Waals surface area contributed by atoms with Crippen molar-refractivity contribution < 1.29 is 31.1 Å². The molecule has 1 aromatic rings. The SMILES string of the molecule is N=C(NC(=N)N1CCC(C(F)(F)F)CC1)Nc1ccc(OC(F)(F)F)cc1. The molecule has 1 aliphatic heterocycles. The molecule has 0 bridgehead atoms. The highest BCUT2D eigenvalue weighted by Gasteiger charge is 2.41. The van der Waals surface area contributed by atoms with E-state index in [1.807, 2.05) is 0 Å². The molecule has 0 unspecified atom stereocenters. The Bertz CT molecular complexity index is 665. The van der Waals surface area contributed by atoms with E-state index in [1.165, 1.54) is 17.0 Å². The third-order valence-corrected chi connectivity index (χ3v) is 3.87. The number of guanidine groups is 2. The molecule has 1 aromatic carbocycles. The topological polar surface area (TPSA) is 84.2 Å². The number of hydrogen-bond acceptors (Lipinski definition) is 3. The Balaban J connectivity index is 1.81. The molecule has 6 nitrogen and oxygen atoms in total. The number of ether oxygens (including phenoxy) is 1. The number of likely N-dealkylation sites (tertiary alicyclic amines) is 1. The van der Waals surface area contributed by atoms with Crippen molar-refractivity contribution in [3.63, 3.8) is 0 Å². The lowest BCUT2D eigenvalue weighted by Gasteiger charge is -2.34. The molecule has 1 saturated heterocycles. The Morgan fingerprint density at radius 3 is 2.04 bits per heavy atom. The number of rotatable bonds is 2. The van der Waals surface area contributed by atoms with Crippen LogP contribution in [0.3, 0.4) is 0 Å². The van der Waals surface area contributed by atoms with E-state index in [2.05, 4.69) is 15.4 Å². The minimum Gasteiger partial charge on any atom is -0.406 e. The highest BCUT2D eigenvalue weighted by atomic mass is 19.4. The highest BCUT2D eigenvalue weighted by molar-refractivity contribution is 6.02. The minimum atomic E-state index is -4.81. The van der Waals surface area contributed by atoms with Crippen molar-refractivity contribution in [1.82, 2.24) is 10.2 Å². The summed E-state index contributed by atoms with van der Waals surface area (Å²) in [6.07, 6.45) is -9.32. The fourth-order valence-electron chi connectivity index (χ4n) is 2.54. The van der Waals surface area contributed by atoms with Gasteiger partial charge < -0.3 is 15.0 Å². The molecule has 0 atom stereocenters. The van der Waals surface area contributed by atoms with Crippen LogP contribution in [0.5, 0.6) is 5.75 Å². The van der Waals surface area contributed by atoms with Gasteiger partial charge in [0.25, 0.3) is 0 Å². The van der Waals surface area contributed by atoms with Crippen LogP contribution in [0.15, 0.2) is 24.3 Å². The molecule has 0 spiro atoms. The third-order valence-electron chi connectivity index (χ3n) is 3.87. The van der Waals surface area contributed by atoms with E-state index in [0.717, 1.165) is 12.1 Å². The van der Waals surface area contributed by atoms with Crippen molar-refractivity contribution >= 4 is 17.6 Å². The van der Waals surface area contributed by atoms with E-state index in [4.69, 9.17) is 10.8 Å². The predicted molar refractivity (Wildman–Crippen MR) is 85.7 cm³/mol. The van der Waals surface area contributed by atoms with Gasteiger partial charge in [0, 0.05) is 18.8 Å². The predicted octanol–water partition coefficient (Wildman–Crippen LogP) is 3.73. The van der Waals surface area contributed by atoms with Crippen molar-refractivity contribution in [2.24, 2.45) is 5.92 Å². The van der Waals surface area contributed by atoms with E-state index >= 15 is 0 Å². The zero-order chi connectivity index (χ0) is 20.2. The average Bonchev–Trinajstić information content (AvgIpc) is 2.54. The molecule has 27 heavy (non-hydrogen) atoms. The quantitative estimate of drug-likeness (QED) is 0.348. The summed E-state index contributed by atoms with van der Waals surface area (Å²) in [4.78, 5) is 1.39. The first-order valence-electron chi connectivity index (χ1n) is 7.82. The van der Waals surface area contributed by atoms with E-state index in [0.29, 0.717) is 0 Å². The lowest BCUT2D eigenvalue weighted by Crippen LogP contribution is -2.49. The summed E-state index contributed by atoms with van der Waals surface area (Å²) in [7, 11) is 0. The van der Waals surface area contributed by atoms with E-state index < -0.39 is 24.2 Å². The fraction of sp³-hybridized carbons (Fsp3) is 0.467. The van der Waals surface area contributed by atoms with Gasteiger partial charge in [-0.2, -0.15) is 13.2 Å². The molecule has 2 rings (SSSR count). The smallest absolute Gasteiger partial charge is 0.406 e. The molecule has 4 N–H and O–H groups in total. The molecular formula is C15H17F6N5O. The molecule has 0 amide bonds. The van der Waals surface area contributed by atoms with Gasteiger partial charge in [0.05, 0.1) is 5.92 Å². The molecule has 1 aliphatic rings. The summed E-state index contributed by atoms with van der Waals surface area (Å²) in [6, 6.07) is 4.60. The first-order valence-corrected chi connectivity index (χ1v) is 7.82. The normalized spacial score (nSPS) is 16.0. The minimum absolute atomic E-state index is 0.0345. The number of nitrogens with one attached hydrogen (secondary N) is 4. The summed E-state index contributed by atoms with van der Waals surface area (Å²) < 4.78 is 77.9. The second-order valence-corrected chi connectivity index (χ2v) is 5.85. The van der Waals surface area contributed by atoms with Crippen molar-refractivity contribution in [2.45, 2.75) is 25.4 Å². The number of hydrogen-bond donors (Lipinski definition) is 4. The van der Waals surface area contributed by atoms with Gasteiger partial charge in [0.1, 0.15) is 5.75 Å². The zero-order valence-corrected chi connectivity index (χ0v) is 13.8. The summed E-state index contributed by atoms with van der Waals surface area (Å²) in [6.45, 7) is 0.0690. The molecule has 1 heterocycles. The van der Waals surface area contributed by atoms with Crippen LogP contribution < -0.4 is 15.4 Å². The third kappa shape index (κ3) is 6.53. The highest BCUT2D eigenvalue weighted by Crippen LogP contribution is 2.34. The first-order chi connectivity index (χ1) is 12.4. The Hall–Kier alpha value is -2.66. The summed E-state index contributed by atoms with van der Waals surface area (Å²) in [5.41, 5.74) is 0.269. The van der Waals surface area contributed by atoms with Crippen LogP contribution in [-0.4, -0.2) is 42.4 Å². The van der Waals surface area contributed by atoms with Gasteiger partial charge >= 0.3 is 12.5 Å². The largest absolute Gasteiger partial charge is 0.573 e. The van der Waals surface area contributed by atoms with Crippen LogP contribution >= 0.6 is 0 Å². The second-order valence-electron chi connectivity index (χ2n) is 5.85. The average molecular weight is 397 g/mol. The van der Waals surface area contributed by atoms with Gasteiger partial charge in [0.15, 0.2) is 11.9 Å². The molecule has 0 aliphatic carbocycles. The number of halogens is 6. The number of nitrogens with zero attached hydrogens (tertiary/aromatic N) is 1. The van der Waals surface area contributed by atoms with Crippen LogP contribution in [0, 0.1) is 16.7 Å². The Kier molecular flexibility index (Phi) is 6.06. The van der Waals surface area contributed by atoms with Crippen molar-refractivity contribution in [3.05, 3.63) is 24.3 Å². The fourth-order valence-corrected chi connectivity index (χ4v) is 2.54. The van der Waals surface area contributed by atoms with Gasteiger partial charge in [-0.15, -0.1) is 13.2 Å². The molecule has 150 valence electrons. The van der Waals surface area contributed by atoms with Crippen molar-refractivity contribution in [3.8, 4) is 5.75 Å². The molecule has 12 heteroatoms. The molecule has 0 aromatic heterocycles. The molecule has 0 saturated carbocycles. The van der Waals surface area contributed by atoms with Crippen LogP contribution in [0.2, 0.25) is 0 Å². The maximum absolute atomic E-state index is 12.6. The van der Waals surface area contributed by atoms with Crippen molar-refractivity contribution in [1.29, 1.82) is 10.8 Å². The van der Waals surface area contributed by atoms with Gasteiger partial charge in [-0.25, -0.2) is 0 Å². The van der Waals surface area contributed by atoms with E-state index in [-0.39, 0.29) is 43.5 Å². The second kappa shape index (κ2) is 7.92. The standard InChI is InChI=1S/C15H17F6N5O/c16-14(17,18)9-5-7-26(8-6-9)13(23)25-12(22)24-10-1-3-11(4-2-10)27-15(19,20)21/h1-4,9H,5-8H2,(H4,22,23,24,25). The van der Waals surface area contributed by atoms with Crippen LogP contribution in [0.1, 0.15) is 12.8 Å². The summed E-state index contributed by atoms with van der Waals surface area (Å²) in [5, 5.41) is 20.5. The lowest BCUT2D eigenvalue weighted by atomic mass is 9.96. The lowest BCUT2D eigenvalue weighted by molar-refractivity contribution is -0.274. The summed E-state index contributed by atoms with van der Waals surface area (Å²) in [5.74, 6) is -2.39. The van der Waals surface area contributed by atoms with Crippen molar-refractivity contribution in [2.75, 3.05) is 18.4 Å². The maximum Gasteiger partial charge on any atom is 0.573 e. The Morgan fingerprint density at radius 2 is 1.56 bits per heavy atom. The molecule has 1 fully saturated rings. The van der Waals surface area contributed by atoms with E-state index in [1.54, 1.807) is 0 Å². The number of anilines is 1. The van der Waals surface area contributed by atoms with E-state index in [9.17, 15) is 26.3 Å². The number of piperidine rings is 1. The van der Waals surface area contributed by atoms with Gasteiger partial charge in [-0.05, 0) is 37.1 Å². The van der Waals surface area contributed by atoms with Gasteiger partial charge in [0.2, 0.25) is 0 Å².